The Kier molecular flexibility index (Phi) is 7.08. The second-order valence-electron chi connectivity index (χ2n) is 8.89. The van der Waals surface area contributed by atoms with E-state index >= 15 is 0 Å². The molecule has 0 bridgehead atoms. The molecule has 7 heteroatoms. The van der Waals surface area contributed by atoms with Gasteiger partial charge in [0.05, 0.1) is 0 Å². The Bertz CT molecular complexity index is 1080. The van der Waals surface area contributed by atoms with Gasteiger partial charge in [0.25, 0.3) is 0 Å². The quantitative estimate of drug-likeness (QED) is 0.526. The average molecular weight is 438 g/mol. The minimum absolute atomic E-state index is 0.203. The van der Waals surface area contributed by atoms with E-state index in [1.54, 1.807) is 32.9 Å². The maximum absolute atomic E-state index is 13.0. The van der Waals surface area contributed by atoms with Gasteiger partial charge in [0, 0.05) is 37.1 Å². The summed E-state index contributed by atoms with van der Waals surface area (Å²) in [7, 11) is 1.96. The molecule has 3 rings (SSSR count). The van der Waals surface area contributed by atoms with Crippen molar-refractivity contribution in [2.45, 2.75) is 45.3 Å². The summed E-state index contributed by atoms with van der Waals surface area (Å²) in [5.74, 6) is -0.0722. The molecule has 1 aromatic heterocycles. The Morgan fingerprint density at radius 2 is 1.78 bits per heavy atom. The van der Waals surface area contributed by atoms with Crippen molar-refractivity contribution in [3.63, 3.8) is 0 Å². The van der Waals surface area contributed by atoms with Crippen molar-refractivity contribution in [2.75, 3.05) is 6.54 Å². The van der Waals surface area contributed by atoms with Gasteiger partial charge in [0.1, 0.15) is 17.4 Å². The van der Waals surface area contributed by atoms with Gasteiger partial charge in [0.15, 0.2) is 0 Å². The number of aromatic hydroxyl groups is 1. The predicted octanol–water partition coefficient (Wildman–Crippen LogP) is 3.68. The monoisotopic (exact) mass is 437 g/mol. The zero-order valence-electron chi connectivity index (χ0n) is 19.0. The lowest BCUT2D eigenvalue weighted by Crippen LogP contribution is -2.49. The van der Waals surface area contributed by atoms with Crippen LogP contribution in [0.2, 0.25) is 0 Å². The van der Waals surface area contributed by atoms with E-state index in [9.17, 15) is 14.7 Å². The highest BCUT2D eigenvalue weighted by molar-refractivity contribution is 5.88. The second-order valence-corrected chi connectivity index (χ2v) is 8.89. The molecule has 170 valence electrons. The normalized spacial score (nSPS) is 12.4. The zero-order chi connectivity index (χ0) is 23.3. The van der Waals surface area contributed by atoms with Gasteiger partial charge in [0.2, 0.25) is 5.91 Å². The van der Waals surface area contributed by atoms with Crippen LogP contribution >= 0.6 is 0 Å². The average Bonchev–Trinajstić information content (AvgIpc) is 3.03. The van der Waals surface area contributed by atoms with Gasteiger partial charge in [-0.25, -0.2) is 4.79 Å². The number of para-hydroxylation sites is 1. The second kappa shape index (κ2) is 9.77. The molecule has 2 amide bonds. The first kappa shape index (κ1) is 23.2. The van der Waals surface area contributed by atoms with Gasteiger partial charge >= 0.3 is 6.09 Å². The highest BCUT2D eigenvalue weighted by Crippen LogP contribution is 2.22. The van der Waals surface area contributed by atoms with Gasteiger partial charge in [-0.15, -0.1) is 0 Å². The molecule has 1 heterocycles. The zero-order valence-corrected chi connectivity index (χ0v) is 19.0. The van der Waals surface area contributed by atoms with Crippen molar-refractivity contribution >= 4 is 22.9 Å². The number of carbonyl (C=O) groups excluding carboxylic acids is 2. The number of ether oxygens (including phenoxy) is 1. The number of amides is 2. The number of aromatic nitrogens is 1. The van der Waals surface area contributed by atoms with E-state index in [-0.39, 0.29) is 11.7 Å². The molecule has 0 aliphatic heterocycles. The Labute approximate surface area is 188 Å². The maximum atomic E-state index is 13.0. The third-order valence-corrected chi connectivity index (χ3v) is 5.06. The van der Waals surface area contributed by atoms with Gasteiger partial charge < -0.3 is 25.0 Å². The molecule has 7 nitrogen and oxygen atoms in total. The molecular weight excluding hydrogens is 406 g/mol. The third-order valence-electron chi connectivity index (χ3n) is 5.06. The topological polar surface area (TPSA) is 92.6 Å². The number of fused-ring (bicyclic) bond motifs is 1. The molecule has 0 spiro atoms. The summed E-state index contributed by atoms with van der Waals surface area (Å²) in [5, 5.41) is 16.1. The fourth-order valence-corrected chi connectivity index (χ4v) is 3.58. The smallest absolute Gasteiger partial charge is 0.408 e. The molecular formula is C25H31N3O4. The fourth-order valence-electron chi connectivity index (χ4n) is 3.58. The Balaban J connectivity index is 1.72. The summed E-state index contributed by atoms with van der Waals surface area (Å²) in [6.45, 7) is 5.75. The van der Waals surface area contributed by atoms with Crippen LogP contribution in [-0.2, 0) is 29.4 Å². The van der Waals surface area contributed by atoms with Gasteiger partial charge in [-0.3, -0.25) is 4.79 Å². The van der Waals surface area contributed by atoms with Crippen LogP contribution in [0.15, 0.2) is 54.7 Å². The largest absolute Gasteiger partial charge is 0.508 e. The molecule has 0 fully saturated rings. The van der Waals surface area contributed by atoms with E-state index in [4.69, 9.17) is 4.74 Å². The van der Waals surface area contributed by atoms with Crippen LogP contribution in [0.25, 0.3) is 10.9 Å². The van der Waals surface area contributed by atoms with Crippen molar-refractivity contribution in [3.8, 4) is 5.75 Å². The summed E-state index contributed by atoms with van der Waals surface area (Å²) in [5.41, 5.74) is 2.36. The van der Waals surface area contributed by atoms with Crippen molar-refractivity contribution in [3.05, 3.63) is 65.9 Å². The van der Waals surface area contributed by atoms with Crippen molar-refractivity contribution in [1.82, 2.24) is 15.2 Å². The lowest BCUT2D eigenvalue weighted by Gasteiger charge is -2.23. The van der Waals surface area contributed by atoms with E-state index in [0.29, 0.717) is 19.4 Å². The number of rotatable bonds is 7. The lowest BCUT2D eigenvalue weighted by atomic mass is 10.0. The summed E-state index contributed by atoms with van der Waals surface area (Å²) < 4.78 is 7.39. The molecule has 3 aromatic rings. The first-order valence-electron chi connectivity index (χ1n) is 10.7. The standard InChI is InChI=1S/C25H31N3O4/c1-25(2,3)32-24(31)27-21(15-18-16-28(4)22-8-6-5-7-20(18)22)23(30)26-14-13-17-9-11-19(29)12-10-17/h5-12,16,21,29H,13-15H2,1-4H3,(H,26,30)(H,27,31)/t21-/m1/s1. The maximum Gasteiger partial charge on any atom is 0.408 e. The highest BCUT2D eigenvalue weighted by Gasteiger charge is 2.25. The van der Waals surface area contributed by atoms with Crippen LogP contribution < -0.4 is 10.6 Å². The molecule has 3 N–H and O–H groups in total. The minimum Gasteiger partial charge on any atom is -0.508 e. The number of carbonyl (C=O) groups is 2. The van der Waals surface area contributed by atoms with Crippen LogP contribution in [0.3, 0.4) is 0 Å². The Morgan fingerprint density at radius 3 is 2.47 bits per heavy atom. The molecule has 0 aliphatic rings. The van der Waals surface area contributed by atoms with Crippen LogP contribution in [-0.4, -0.2) is 39.9 Å². The lowest BCUT2D eigenvalue weighted by molar-refractivity contribution is -0.123. The number of benzene rings is 2. The Hall–Kier alpha value is -3.48. The molecule has 0 radical (unpaired) electrons. The number of phenols is 1. The first-order valence-corrected chi connectivity index (χ1v) is 10.7. The number of phenolic OH excluding ortho intramolecular Hbond substituents is 1. The summed E-state index contributed by atoms with van der Waals surface area (Å²) in [4.78, 5) is 25.4. The molecule has 0 saturated heterocycles. The highest BCUT2D eigenvalue weighted by atomic mass is 16.6. The molecule has 2 aromatic carbocycles. The van der Waals surface area contributed by atoms with E-state index in [0.717, 1.165) is 22.0 Å². The van der Waals surface area contributed by atoms with E-state index in [1.807, 2.05) is 54.2 Å². The van der Waals surface area contributed by atoms with E-state index in [2.05, 4.69) is 10.6 Å². The number of hydrogen-bond donors (Lipinski definition) is 3. The predicted molar refractivity (Wildman–Crippen MR) is 125 cm³/mol. The summed E-state index contributed by atoms with van der Waals surface area (Å²) in [6, 6.07) is 14.0. The number of alkyl carbamates (subject to hydrolysis) is 1. The van der Waals surface area contributed by atoms with Crippen LogP contribution in [0, 0.1) is 0 Å². The van der Waals surface area contributed by atoms with E-state index in [1.165, 1.54) is 0 Å². The molecule has 0 aliphatic carbocycles. The van der Waals surface area contributed by atoms with Crippen molar-refractivity contribution in [1.29, 1.82) is 0 Å². The Morgan fingerprint density at radius 1 is 1.09 bits per heavy atom. The number of nitrogens with zero attached hydrogens (tertiary/aromatic N) is 1. The first-order chi connectivity index (χ1) is 15.1. The van der Waals surface area contributed by atoms with Crippen molar-refractivity contribution < 1.29 is 19.4 Å². The molecule has 0 saturated carbocycles. The molecule has 32 heavy (non-hydrogen) atoms. The number of aryl methyl sites for hydroxylation is 1. The number of hydrogen-bond acceptors (Lipinski definition) is 4. The molecule has 0 unspecified atom stereocenters. The molecule has 1 atom stereocenters. The SMILES string of the molecule is Cn1cc(C[C@@H](NC(=O)OC(C)(C)C)C(=O)NCCc2ccc(O)cc2)c2ccccc21. The fraction of sp³-hybridized carbons (Fsp3) is 0.360. The van der Waals surface area contributed by atoms with Crippen LogP contribution in [0.5, 0.6) is 5.75 Å². The van der Waals surface area contributed by atoms with E-state index < -0.39 is 17.7 Å². The number of nitrogens with one attached hydrogen (secondary N) is 2. The summed E-state index contributed by atoms with van der Waals surface area (Å²) >= 11 is 0. The van der Waals surface area contributed by atoms with Crippen molar-refractivity contribution in [2.24, 2.45) is 7.05 Å². The van der Waals surface area contributed by atoms with Gasteiger partial charge in [-0.2, -0.15) is 0 Å². The van der Waals surface area contributed by atoms with Crippen LogP contribution in [0.4, 0.5) is 4.79 Å². The van der Waals surface area contributed by atoms with Crippen LogP contribution in [0.1, 0.15) is 31.9 Å². The summed E-state index contributed by atoms with van der Waals surface area (Å²) in [6.07, 6.45) is 2.31. The van der Waals surface area contributed by atoms with Gasteiger partial charge in [-0.05, 0) is 56.5 Å². The third kappa shape index (κ3) is 6.26. The minimum atomic E-state index is -0.782. The van der Waals surface area contributed by atoms with Gasteiger partial charge in [-0.1, -0.05) is 30.3 Å².